The van der Waals surface area contributed by atoms with E-state index in [0.717, 1.165) is 6.07 Å². The summed E-state index contributed by atoms with van der Waals surface area (Å²) in [5.41, 5.74) is 0.0604. The molecule has 0 aliphatic rings. The number of nitrogens with two attached hydrogens (primary N) is 1. The molecule has 0 atom stereocenters. The molecule has 0 unspecified atom stereocenters. The van der Waals surface area contributed by atoms with Gasteiger partial charge >= 0.3 is 0 Å². The van der Waals surface area contributed by atoms with Crippen molar-refractivity contribution in [3.8, 4) is 0 Å². The smallest absolute Gasteiger partial charge is 0.273 e. The van der Waals surface area contributed by atoms with Crippen molar-refractivity contribution in [3.05, 3.63) is 41.2 Å². The molecule has 6 nitrogen and oxygen atoms in total. The van der Waals surface area contributed by atoms with Crippen LogP contribution in [0.3, 0.4) is 0 Å². The van der Waals surface area contributed by atoms with Crippen molar-refractivity contribution in [2.24, 2.45) is 5.14 Å². The number of rotatable bonds is 4. The Hall–Kier alpha value is -1.87. The first kappa shape index (κ1) is 15.5. The van der Waals surface area contributed by atoms with E-state index in [-0.39, 0.29) is 23.9 Å². The van der Waals surface area contributed by atoms with Crippen LogP contribution in [0.4, 0.5) is 8.78 Å². The monoisotopic (exact) mass is 316 g/mol. The summed E-state index contributed by atoms with van der Waals surface area (Å²) >= 11 is 0. The highest BCUT2D eigenvalue weighted by Crippen LogP contribution is 2.20. The second-order valence-corrected chi connectivity index (χ2v) is 6.25. The summed E-state index contributed by atoms with van der Waals surface area (Å²) in [7, 11) is -4.05. The third-order valence-corrected chi connectivity index (χ3v) is 3.67. The van der Waals surface area contributed by atoms with E-state index in [4.69, 9.17) is 5.14 Å². The maximum atomic E-state index is 13.7. The topological polar surface area (TPSA) is 90.9 Å². The molecular weight excluding hydrogens is 302 g/mol. The predicted octanol–water partition coefficient (Wildman–Crippen LogP) is 1.38. The lowest BCUT2D eigenvalue weighted by Crippen LogP contribution is -2.20. The molecule has 114 valence electrons. The fraction of sp³-hybridized carbons (Fsp3) is 0.333. The number of primary sulfonamides is 1. The summed E-state index contributed by atoms with van der Waals surface area (Å²) in [5, 5.41) is 11.9. The Labute approximate surface area is 120 Å². The normalized spacial score (nSPS) is 12.1. The standard InChI is InChI=1S/C12H14F2N4O2S/c1-7(2)18-10(16-17-12(18)21(15,19)20)6-8-4-3-5-9(13)11(8)14/h3-5,7H,6H2,1-2H3,(H2,15,19,20). The summed E-state index contributed by atoms with van der Waals surface area (Å²) in [6.07, 6.45) is -0.0930. The number of nitrogens with zero attached hydrogens (tertiary/aromatic N) is 3. The van der Waals surface area contributed by atoms with Crippen LogP contribution in [0.15, 0.2) is 23.4 Å². The molecule has 2 aromatic rings. The van der Waals surface area contributed by atoms with Crippen LogP contribution in [-0.4, -0.2) is 23.2 Å². The van der Waals surface area contributed by atoms with Gasteiger partial charge in [0.25, 0.3) is 15.2 Å². The van der Waals surface area contributed by atoms with Crippen molar-refractivity contribution in [1.82, 2.24) is 14.8 Å². The van der Waals surface area contributed by atoms with E-state index >= 15 is 0 Å². The lowest BCUT2D eigenvalue weighted by Gasteiger charge is -2.13. The molecule has 2 N–H and O–H groups in total. The van der Waals surface area contributed by atoms with Gasteiger partial charge in [0.05, 0.1) is 0 Å². The molecule has 0 fully saturated rings. The van der Waals surface area contributed by atoms with E-state index in [0.29, 0.717) is 0 Å². The number of hydrogen-bond donors (Lipinski definition) is 1. The van der Waals surface area contributed by atoms with E-state index in [2.05, 4.69) is 10.2 Å². The zero-order chi connectivity index (χ0) is 15.8. The molecule has 9 heteroatoms. The van der Waals surface area contributed by atoms with Gasteiger partial charge < -0.3 is 0 Å². The van der Waals surface area contributed by atoms with Crippen LogP contribution in [0.1, 0.15) is 31.3 Å². The maximum Gasteiger partial charge on any atom is 0.273 e. The zero-order valence-electron chi connectivity index (χ0n) is 11.4. The van der Waals surface area contributed by atoms with Crippen molar-refractivity contribution in [1.29, 1.82) is 0 Å². The molecule has 21 heavy (non-hydrogen) atoms. The Morgan fingerprint density at radius 2 is 1.95 bits per heavy atom. The Morgan fingerprint density at radius 3 is 2.52 bits per heavy atom. The first-order valence-electron chi connectivity index (χ1n) is 6.11. The molecule has 2 rings (SSSR count). The third kappa shape index (κ3) is 3.08. The van der Waals surface area contributed by atoms with Crippen LogP contribution in [0.5, 0.6) is 0 Å². The number of benzene rings is 1. The van der Waals surface area contributed by atoms with Gasteiger partial charge in [-0.15, -0.1) is 10.2 Å². The van der Waals surface area contributed by atoms with Crippen LogP contribution in [0, 0.1) is 11.6 Å². The summed E-state index contributed by atoms with van der Waals surface area (Å²) < 4.78 is 51.1. The molecule has 0 amide bonds. The summed E-state index contributed by atoms with van der Waals surface area (Å²) in [6.45, 7) is 3.42. The molecule has 0 aliphatic heterocycles. The van der Waals surface area contributed by atoms with E-state index in [9.17, 15) is 17.2 Å². The van der Waals surface area contributed by atoms with Gasteiger partial charge in [-0.2, -0.15) is 0 Å². The van der Waals surface area contributed by atoms with E-state index in [1.807, 2.05) is 0 Å². The molecule has 0 aliphatic carbocycles. The Balaban J connectivity index is 2.51. The van der Waals surface area contributed by atoms with Crippen LogP contribution in [-0.2, 0) is 16.4 Å². The average molecular weight is 316 g/mol. The average Bonchev–Trinajstić information content (AvgIpc) is 2.78. The second kappa shape index (κ2) is 5.49. The van der Waals surface area contributed by atoms with Crippen molar-refractivity contribution < 1.29 is 17.2 Å². The van der Waals surface area contributed by atoms with Crippen molar-refractivity contribution in [2.75, 3.05) is 0 Å². The molecule has 0 bridgehead atoms. The largest absolute Gasteiger partial charge is 0.298 e. The van der Waals surface area contributed by atoms with Gasteiger partial charge in [0.15, 0.2) is 11.6 Å². The van der Waals surface area contributed by atoms with Crippen LogP contribution < -0.4 is 5.14 Å². The molecule has 0 spiro atoms. The van der Waals surface area contributed by atoms with Crippen molar-refractivity contribution in [2.45, 2.75) is 31.5 Å². The van der Waals surface area contributed by atoms with Gasteiger partial charge in [-0.05, 0) is 25.5 Å². The summed E-state index contributed by atoms with van der Waals surface area (Å²) in [6, 6.07) is 3.46. The highest BCUT2D eigenvalue weighted by Gasteiger charge is 2.23. The van der Waals surface area contributed by atoms with Crippen LogP contribution in [0.2, 0.25) is 0 Å². The summed E-state index contributed by atoms with van der Waals surface area (Å²) in [4.78, 5) is 0. The lowest BCUT2D eigenvalue weighted by atomic mass is 10.1. The minimum Gasteiger partial charge on any atom is -0.298 e. The molecule has 0 saturated heterocycles. The summed E-state index contributed by atoms with van der Waals surface area (Å²) in [5.74, 6) is -1.78. The number of hydrogen-bond acceptors (Lipinski definition) is 4. The van der Waals surface area contributed by atoms with E-state index < -0.39 is 26.8 Å². The van der Waals surface area contributed by atoms with Gasteiger partial charge in [0, 0.05) is 12.5 Å². The highest BCUT2D eigenvalue weighted by molar-refractivity contribution is 7.89. The Kier molecular flexibility index (Phi) is 4.06. The van der Waals surface area contributed by atoms with Gasteiger partial charge in [-0.1, -0.05) is 12.1 Å². The number of sulfonamides is 1. The lowest BCUT2D eigenvalue weighted by molar-refractivity contribution is 0.490. The quantitative estimate of drug-likeness (QED) is 0.922. The Morgan fingerprint density at radius 1 is 1.29 bits per heavy atom. The minimum absolute atomic E-state index is 0.0604. The highest BCUT2D eigenvalue weighted by atomic mass is 32.2. The number of halogens is 2. The predicted molar refractivity (Wildman–Crippen MR) is 70.9 cm³/mol. The van der Waals surface area contributed by atoms with Gasteiger partial charge in [-0.3, -0.25) is 4.57 Å². The van der Waals surface area contributed by atoms with Crippen LogP contribution >= 0.6 is 0 Å². The fourth-order valence-corrected chi connectivity index (χ4v) is 2.74. The molecule has 0 radical (unpaired) electrons. The van der Waals surface area contributed by atoms with Crippen molar-refractivity contribution in [3.63, 3.8) is 0 Å². The molecule has 1 aromatic carbocycles. The van der Waals surface area contributed by atoms with Gasteiger partial charge in [0.2, 0.25) is 0 Å². The second-order valence-electron chi connectivity index (χ2n) is 4.80. The van der Waals surface area contributed by atoms with E-state index in [1.54, 1.807) is 13.8 Å². The minimum atomic E-state index is -4.05. The van der Waals surface area contributed by atoms with E-state index in [1.165, 1.54) is 16.7 Å². The first-order chi connectivity index (χ1) is 9.71. The Bertz CT molecular complexity index is 772. The van der Waals surface area contributed by atoms with Crippen LogP contribution in [0.25, 0.3) is 0 Å². The zero-order valence-corrected chi connectivity index (χ0v) is 12.2. The van der Waals surface area contributed by atoms with Gasteiger partial charge in [0.1, 0.15) is 5.82 Å². The molecule has 0 saturated carbocycles. The molecular formula is C12H14F2N4O2S. The first-order valence-corrected chi connectivity index (χ1v) is 7.66. The maximum absolute atomic E-state index is 13.7. The number of aromatic nitrogens is 3. The SMILES string of the molecule is CC(C)n1c(Cc2cccc(F)c2F)nnc1S(N)(=O)=O. The van der Waals surface area contributed by atoms with Crippen molar-refractivity contribution >= 4 is 10.0 Å². The third-order valence-electron chi connectivity index (χ3n) is 2.89. The van der Waals surface area contributed by atoms with Gasteiger partial charge in [-0.25, -0.2) is 22.3 Å². The fourth-order valence-electron chi connectivity index (χ4n) is 2.00. The molecule has 1 heterocycles. The molecule has 1 aromatic heterocycles.